The van der Waals surface area contributed by atoms with Crippen LogP contribution in [0.1, 0.15) is 56.8 Å². The molecular weight excluding hydrogens is 388 g/mol. The molecule has 0 bridgehead atoms. The Balaban J connectivity index is 1.72. The van der Waals surface area contributed by atoms with Gasteiger partial charge in [-0.3, -0.25) is 9.55 Å². The van der Waals surface area contributed by atoms with Crippen LogP contribution in [0.2, 0.25) is 0 Å². The molecule has 1 aromatic carbocycles. The molecule has 1 fully saturated rings. The molecule has 1 aliphatic rings. The van der Waals surface area contributed by atoms with Crippen LogP contribution >= 0.6 is 12.2 Å². The van der Waals surface area contributed by atoms with Crippen molar-refractivity contribution in [3.8, 4) is 11.5 Å². The van der Waals surface area contributed by atoms with Gasteiger partial charge in [0.2, 0.25) is 0 Å². The van der Waals surface area contributed by atoms with Crippen LogP contribution in [-0.4, -0.2) is 32.7 Å². The first-order chi connectivity index (χ1) is 14.0. The molecule has 0 spiro atoms. The Labute approximate surface area is 174 Å². The second-order valence-corrected chi connectivity index (χ2v) is 8.24. The highest BCUT2D eigenvalue weighted by Gasteiger charge is 2.19. The summed E-state index contributed by atoms with van der Waals surface area (Å²) in [6.07, 6.45) is 4.74. The number of hydrogen-bond acceptors (Lipinski definition) is 5. The normalized spacial score (nSPS) is 14.8. The highest BCUT2D eigenvalue weighted by molar-refractivity contribution is 7.71. The molecule has 29 heavy (non-hydrogen) atoms. The molecule has 1 aliphatic carbocycles. The highest BCUT2D eigenvalue weighted by Crippen LogP contribution is 2.32. The Morgan fingerprint density at radius 2 is 2.00 bits per heavy atom. The molecule has 4 rings (SSSR count). The third kappa shape index (κ3) is 3.94. The molecule has 0 amide bonds. The summed E-state index contributed by atoms with van der Waals surface area (Å²) in [5.41, 5.74) is 1.90. The number of aromatic amines is 2. The van der Waals surface area contributed by atoms with Crippen molar-refractivity contribution in [2.24, 2.45) is 0 Å². The van der Waals surface area contributed by atoms with Gasteiger partial charge >= 0.3 is 5.69 Å². The minimum atomic E-state index is -0.279. The number of hydrogen-bond donors (Lipinski definition) is 2. The third-order valence-corrected chi connectivity index (χ3v) is 5.67. The average Bonchev–Trinajstić information content (AvgIpc) is 3.35. The quantitative estimate of drug-likeness (QED) is 0.588. The Morgan fingerprint density at radius 3 is 2.69 bits per heavy atom. The zero-order valence-corrected chi connectivity index (χ0v) is 17.8. The van der Waals surface area contributed by atoms with Crippen molar-refractivity contribution in [3.63, 3.8) is 0 Å². The van der Waals surface area contributed by atoms with Gasteiger partial charge in [-0.15, -0.1) is 0 Å². The molecule has 154 valence electrons. The van der Waals surface area contributed by atoms with Crippen LogP contribution in [0.5, 0.6) is 11.5 Å². The van der Waals surface area contributed by atoms with Gasteiger partial charge in [-0.25, -0.2) is 9.78 Å². The maximum Gasteiger partial charge on any atom is 0.328 e. The first-order valence-electron chi connectivity index (χ1n) is 10.0. The van der Waals surface area contributed by atoms with Crippen LogP contribution in [0.3, 0.4) is 0 Å². The van der Waals surface area contributed by atoms with Crippen LogP contribution in [-0.2, 0) is 6.54 Å². The lowest BCUT2D eigenvalue weighted by atomic mass is 10.2. The Hall–Kier alpha value is -2.61. The number of benzene rings is 1. The maximum atomic E-state index is 12.7. The topological polar surface area (TPSA) is 84.9 Å². The lowest BCUT2D eigenvalue weighted by Gasteiger charge is -2.17. The van der Waals surface area contributed by atoms with Gasteiger partial charge in [0.15, 0.2) is 17.1 Å². The summed E-state index contributed by atoms with van der Waals surface area (Å²) in [4.78, 5) is 23.3. The fourth-order valence-electron chi connectivity index (χ4n) is 3.76. The summed E-state index contributed by atoms with van der Waals surface area (Å²) in [5, 5.41) is 0. The average molecular weight is 415 g/mol. The summed E-state index contributed by atoms with van der Waals surface area (Å²) >= 11 is 5.32. The minimum absolute atomic E-state index is 0.202. The summed E-state index contributed by atoms with van der Waals surface area (Å²) in [6, 6.07) is 5.78. The minimum Gasteiger partial charge on any atom is -0.493 e. The number of imidazole rings is 1. The van der Waals surface area contributed by atoms with Crippen molar-refractivity contribution in [2.45, 2.75) is 58.1 Å². The summed E-state index contributed by atoms with van der Waals surface area (Å²) in [7, 11) is 1.64. The van der Waals surface area contributed by atoms with Gasteiger partial charge in [-0.2, -0.15) is 0 Å². The predicted molar refractivity (Wildman–Crippen MR) is 115 cm³/mol. The molecule has 8 heteroatoms. The van der Waals surface area contributed by atoms with Gasteiger partial charge in [0.1, 0.15) is 16.0 Å². The monoisotopic (exact) mass is 414 g/mol. The molecule has 2 N–H and O–H groups in total. The van der Waals surface area contributed by atoms with Gasteiger partial charge < -0.3 is 14.5 Å². The highest BCUT2D eigenvalue weighted by atomic mass is 32.1. The molecule has 0 aliphatic heterocycles. The van der Waals surface area contributed by atoms with Crippen molar-refractivity contribution < 1.29 is 9.47 Å². The van der Waals surface area contributed by atoms with Crippen LogP contribution in [0, 0.1) is 4.64 Å². The molecular formula is C21H26N4O3S. The van der Waals surface area contributed by atoms with Crippen molar-refractivity contribution in [1.82, 2.24) is 19.5 Å². The van der Waals surface area contributed by atoms with E-state index in [0.29, 0.717) is 28.1 Å². The molecule has 3 aromatic rings. The van der Waals surface area contributed by atoms with E-state index in [0.717, 1.165) is 30.0 Å². The van der Waals surface area contributed by atoms with Crippen molar-refractivity contribution in [2.75, 3.05) is 7.11 Å². The van der Waals surface area contributed by atoms with Gasteiger partial charge in [0.05, 0.1) is 19.8 Å². The number of H-pyrrole nitrogens is 2. The first kappa shape index (κ1) is 19.7. The lowest BCUT2D eigenvalue weighted by molar-refractivity contribution is 0.200. The second-order valence-electron chi connectivity index (χ2n) is 7.83. The van der Waals surface area contributed by atoms with Gasteiger partial charge in [0.25, 0.3) is 0 Å². The maximum absolute atomic E-state index is 12.7. The number of nitrogens with zero attached hydrogens (tertiary/aromatic N) is 2. The first-order valence-corrected chi connectivity index (χ1v) is 10.4. The molecule has 0 saturated heterocycles. The van der Waals surface area contributed by atoms with Gasteiger partial charge in [0, 0.05) is 5.92 Å². The van der Waals surface area contributed by atoms with Crippen molar-refractivity contribution >= 4 is 23.4 Å². The summed E-state index contributed by atoms with van der Waals surface area (Å²) in [6.45, 7) is 4.45. The fourth-order valence-corrected chi connectivity index (χ4v) is 3.99. The fraction of sp³-hybridized carbons (Fsp3) is 0.476. The van der Waals surface area contributed by atoms with Gasteiger partial charge in [-0.05, 0) is 43.4 Å². The van der Waals surface area contributed by atoms with E-state index in [1.165, 1.54) is 12.8 Å². The molecule has 7 nitrogen and oxygen atoms in total. The van der Waals surface area contributed by atoms with E-state index in [2.05, 4.69) is 15.0 Å². The van der Waals surface area contributed by atoms with E-state index in [4.69, 9.17) is 21.7 Å². The van der Waals surface area contributed by atoms with E-state index in [1.54, 1.807) is 11.7 Å². The number of ether oxygens (including phenoxy) is 2. The largest absolute Gasteiger partial charge is 0.493 e. The van der Waals surface area contributed by atoms with Crippen LogP contribution in [0.15, 0.2) is 23.0 Å². The summed E-state index contributed by atoms with van der Waals surface area (Å²) in [5.74, 6) is 2.43. The summed E-state index contributed by atoms with van der Waals surface area (Å²) < 4.78 is 13.6. The Morgan fingerprint density at radius 1 is 1.24 bits per heavy atom. The van der Waals surface area contributed by atoms with Crippen LogP contribution < -0.4 is 15.2 Å². The lowest BCUT2D eigenvalue weighted by Crippen LogP contribution is -2.24. The molecule has 2 aromatic heterocycles. The second kappa shape index (κ2) is 8.02. The van der Waals surface area contributed by atoms with E-state index in [1.807, 2.05) is 32.0 Å². The molecule has 0 atom stereocenters. The Bertz CT molecular complexity index is 1140. The third-order valence-electron chi connectivity index (χ3n) is 5.36. The number of nitrogens with one attached hydrogen (secondary N) is 2. The van der Waals surface area contributed by atoms with Crippen LogP contribution in [0.4, 0.5) is 0 Å². The van der Waals surface area contributed by atoms with Crippen molar-refractivity contribution in [1.29, 1.82) is 0 Å². The molecule has 0 unspecified atom stereocenters. The van der Waals surface area contributed by atoms with Crippen LogP contribution in [0.25, 0.3) is 11.2 Å². The number of fused-ring (bicyclic) bond motifs is 1. The van der Waals surface area contributed by atoms with E-state index in [9.17, 15) is 4.79 Å². The van der Waals surface area contributed by atoms with Gasteiger partial charge in [-0.1, -0.05) is 32.1 Å². The zero-order chi connectivity index (χ0) is 20.5. The Kier molecular flexibility index (Phi) is 5.45. The van der Waals surface area contributed by atoms with E-state index < -0.39 is 0 Å². The zero-order valence-electron chi connectivity index (χ0n) is 16.9. The number of methoxy groups -OCH3 is 1. The molecule has 1 saturated carbocycles. The van der Waals surface area contributed by atoms with E-state index in [-0.39, 0.29) is 17.7 Å². The smallest absolute Gasteiger partial charge is 0.328 e. The SMILES string of the molecule is COc1ccc(Cn2c(=O)[nH]c(=S)c3[nH]c(C(C)C)nc32)cc1OC1CCCC1. The predicted octanol–water partition coefficient (Wildman–Crippen LogP) is 4.28. The van der Waals surface area contributed by atoms with Crippen molar-refractivity contribution in [3.05, 3.63) is 44.7 Å². The number of aromatic nitrogens is 4. The molecule has 0 radical (unpaired) electrons. The molecule has 2 heterocycles. The number of rotatable bonds is 6. The standard InChI is InChI=1S/C21H26N4O3S/c1-12(2)18-22-17-19(23-18)25(21(26)24-20(17)29)11-13-8-9-15(27-3)16(10-13)28-14-6-4-5-7-14/h8-10,12,14H,4-7,11H2,1-3H3,(H,22,23)(H,24,26,29). The van der Waals surface area contributed by atoms with E-state index >= 15 is 0 Å².